The first kappa shape index (κ1) is 20.4. The van der Waals surface area contributed by atoms with Gasteiger partial charge in [-0.05, 0) is 32.4 Å². The van der Waals surface area contributed by atoms with Crippen LogP contribution in [0.2, 0.25) is 0 Å². The summed E-state index contributed by atoms with van der Waals surface area (Å²) < 4.78 is 0. The number of nitro benzene ring substituents is 1. The summed E-state index contributed by atoms with van der Waals surface area (Å²) in [5.74, 6) is 1.31. The smallest absolute Gasteiger partial charge is 0.294 e. The molecule has 0 aliphatic carbocycles. The van der Waals surface area contributed by atoms with Crippen molar-refractivity contribution < 1.29 is 4.92 Å². The minimum absolute atomic E-state index is 0.0404. The summed E-state index contributed by atoms with van der Waals surface area (Å²) in [5, 5.41) is 14.5. The Morgan fingerprint density at radius 1 is 1.11 bits per heavy atom. The van der Waals surface area contributed by atoms with Crippen molar-refractivity contribution in [3.8, 4) is 0 Å². The van der Waals surface area contributed by atoms with Crippen LogP contribution in [-0.4, -0.2) is 42.1 Å². The van der Waals surface area contributed by atoms with Crippen LogP contribution in [0.1, 0.15) is 32.9 Å². The van der Waals surface area contributed by atoms with E-state index in [9.17, 15) is 10.1 Å². The second-order valence-electron chi connectivity index (χ2n) is 6.44. The zero-order chi connectivity index (χ0) is 20.0. The number of hydrogen-bond acceptors (Lipinski definition) is 7. The number of aromatic nitrogens is 2. The molecule has 1 aromatic carbocycles. The van der Waals surface area contributed by atoms with Gasteiger partial charge in [-0.1, -0.05) is 13.3 Å². The second-order valence-corrected chi connectivity index (χ2v) is 6.44. The van der Waals surface area contributed by atoms with Gasteiger partial charge in [-0.2, -0.15) is 4.98 Å². The zero-order valence-electron chi connectivity index (χ0n) is 16.7. The van der Waals surface area contributed by atoms with Crippen LogP contribution in [0.4, 0.5) is 28.8 Å². The number of aryl methyl sites for hydroxylation is 1. The van der Waals surface area contributed by atoms with E-state index in [-0.39, 0.29) is 10.6 Å². The molecule has 0 aliphatic rings. The molecular formula is C19H28N6O2. The molecule has 0 fully saturated rings. The minimum atomic E-state index is -0.379. The van der Waals surface area contributed by atoms with Crippen LogP contribution in [0, 0.1) is 10.1 Å². The van der Waals surface area contributed by atoms with E-state index in [1.165, 1.54) is 6.07 Å². The fourth-order valence-electron chi connectivity index (χ4n) is 2.89. The lowest BCUT2D eigenvalue weighted by atomic mass is 10.2. The van der Waals surface area contributed by atoms with Gasteiger partial charge in [0.05, 0.1) is 4.92 Å². The van der Waals surface area contributed by atoms with Crippen molar-refractivity contribution >= 4 is 28.8 Å². The Morgan fingerprint density at radius 3 is 2.37 bits per heavy atom. The van der Waals surface area contributed by atoms with Crippen molar-refractivity contribution in [2.24, 2.45) is 0 Å². The van der Waals surface area contributed by atoms with Gasteiger partial charge in [0, 0.05) is 50.7 Å². The molecule has 0 radical (unpaired) electrons. The number of hydrogen-bond donors (Lipinski definition) is 1. The van der Waals surface area contributed by atoms with Crippen LogP contribution < -0.4 is 15.1 Å². The lowest BCUT2D eigenvalue weighted by molar-refractivity contribution is -0.384. The van der Waals surface area contributed by atoms with Gasteiger partial charge in [-0.15, -0.1) is 0 Å². The number of nitro groups is 1. The first-order valence-corrected chi connectivity index (χ1v) is 9.25. The summed E-state index contributed by atoms with van der Waals surface area (Å²) in [7, 11) is 3.56. The third-order valence-corrected chi connectivity index (χ3v) is 4.27. The Kier molecular flexibility index (Phi) is 6.92. The SMILES string of the molecule is CCCc1cc(N(CC)CC)nc(Nc2ccc(N(C)C)c([N+](=O)[O-])c2)n1. The summed E-state index contributed by atoms with van der Waals surface area (Å²) in [4.78, 5) is 24.1. The normalized spacial score (nSPS) is 10.6. The molecular weight excluding hydrogens is 344 g/mol. The predicted octanol–water partition coefficient (Wildman–Crippen LogP) is 3.99. The van der Waals surface area contributed by atoms with Crippen molar-refractivity contribution in [2.45, 2.75) is 33.6 Å². The monoisotopic (exact) mass is 372 g/mol. The molecule has 0 atom stereocenters. The maximum Gasteiger partial charge on any atom is 0.294 e. The van der Waals surface area contributed by atoms with Gasteiger partial charge >= 0.3 is 0 Å². The maximum absolute atomic E-state index is 11.4. The molecule has 1 aromatic heterocycles. The lowest BCUT2D eigenvalue weighted by Gasteiger charge is -2.21. The summed E-state index contributed by atoms with van der Waals surface area (Å²) in [6, 6.07) is 7.05. The maximum atomic E-state index is 11.4. The number of anilines is 4. The fraction of sp³-hybridized carbons (Fsp3) is 0.474. The Hall–Kier alpha value is -2.90. The predicted molar refractivity (Wildman–Crippen MR) is 110 cm³/mol. The van der Waals surface area contributed by atoms with E-state index in [1.807, 2.05) is 6.07 Å². The molecule has 0 bridgehead atoms. The van der Waals surface area contributed by atoms with Crippen molar-refractivity contribution in [1.82, 2.24) is 9.97 Å². The average Bonchev–Trinajstić information content (AvgIpc) is 2.62. The van der Waals surface area contributed by atoms with Crippen molar-refractivity contribution in [2.75, 3.05) is 42.3 Å². The fourth-order valence-corrected chi connectivity index (χ4v) is 2.89. The third-order valence-electron chi connectivity index (χ3n) is 4.27. The zero-order valence-corrected chi connectivity index (χ0v) is 16.7. The van der Waals surface area contributed by atoms with E-state index in [0.717, 1.165) is 37.4 Å². The van der Waals surface area contributed by atoms with Crippen LogP contribution in [0.15, 0.2) is 24.3 Å². The van der Waals surface area contributed by atoms with Gasteiger partial charge in [0.2, 0.25) is 5.95 Å². The topological polar surface area (TPSA) is 87.4 Å². The minimum Gasteiger partial charge on any atom is -0.372 e. The highest BCUT2D eigenvalue weighted by Gasteiger charge is 2.17. The Labute approximate surface area is 160 Å². The van der Waals surface area contributed by atoms with Gasteiger partial charge in [-0.3, -0.25) is 10.1 Å². The molecule has 0 saturated heterocycles. The van der Waals surface area contributed by atoms with Crippen LogP contribution in [0.25, 0.3) is 0 Å². The van der Waals surface area contributed by atoms with Crippen LogP contribution in [0.5, 0.6) is 0 Å². The molecule has 2 rings (SSSR count). The molecule has 8 heteroatoms. The van der Waals surface area contributed by atoms with E-state index in [0.29, 0.717) is 17.3 Å². The largest absolute Gasteiger partial charge is 0.372 e. The molecule has 27 heavy (non-hydrogen) atoms. The van der Waals surface area contributed by atoms with Gasteiger partial charge in [0.1, 0.15) is 11.5 Å². The highest BCUT2D eigenvalue weighted by Crippen LogP contribution is 2.31. The summed E-state index contributed by atoms with van der Waals surface area (Å²) in [5.41, 5.74) is 2.14. The lowest BCUT2D eigenvalue weighted by Crippen LogP contribution is -2.23. The molecule has 8 nitrogen and oxygen atoms in total. The first-order valence-electron chi connectivity index (χ1n) is 9.25. The number of nitrogens with one attached hydrogen (secondary N) is 1. The summed E-state index contributed by atoms with van der Waals surface area (Å²) in [6.45, 7) is 7.97. The molecule has 1 N–H and O–H groups in total. The van der Waals surface area contributed by atoms with Crippen LogP contribution in [0.3, 0.4) is 0 Å². The van der Waals surface area contributed by atoms with Gasteiger partial charge in [-0.25, -0.2) is 4.98 Å². The van der Waals surface area contributed by atoms with Crippen molar-refractivity contribution in [1.29, 1.82) is 0 Å². The Bertz CT molecular complexity index is 790. The second kappa shape index (κ2) is 9.16. The Balaban J connectivity index is 2.41. The standard InChI is InChI=1S/C19H28N6O2/c1-6-9-14-13-18(24(7-2)8-3)22-19(20-14)21-15-10-11-16(23(4)5)17(12-15)25(26)27/h10-13H,6-9H2,1-5H3,(H,20,21,22). The third kappa shape index (κ3) is 5.06. The van der Waals surface area contributed by atoms with Crippen LogP contribution in [-0.2, 0) is 6.42 Å². The highest BCUT2D eigenvalue weighted by molar-refractivity contribution is 5.70. The highest BCUT2D eigenvalue weighted by atomic mass is 16.6. The first-order chi connectivity index (χ1) is 12.9. The summed E-state index contributed by atoms with van der Waals surface area (Å²) >= 11 is 0. The Morgan fingerprint density at radius 2 is 1.81 bits per heavy atom. The van der Waals surface area contributed by atoms with Gasteiger partial charge < -0.3 is 15.1 Å². The van der Waals surface area contributed by atoms with E-state index in [2.05, 4.69) is 41.0 Å². The molecule has 2 aromatic rings. The number of nitrogens with zero attached hydrogens (tertiary/aromatic N) is 5. The molecule has 0 spiro atoms. The molecule has 0 amide bonds. The van der Waals surface area contributed by atoms with E-state index < -0.39 is 0 Å². The molecule has 0 unspecified atom stereocenters. The molecule has 0 aliphatic heterocycles. The van der Waals surface area contributed by atoms with Gasteiger partial charge in [0.25, 0.3) is 5.69 Å². The number of rotatable bonds is 9. The van der Waals surface area contributed by atoms with E-state index in [4.69, 9.17) is 0 Å². The average molecular weight is 372 g/mol. The molecule has 0 saturated carbocycles. The molecule has 1 heterocycles. The molecule has 146 valence electrons. The number of benzene rings is 1. The summed E-state index contributed by atoms with van der Waals surface area (Å²) in [6.07, 6.45) is 1.84. The van der Waals surface area contributed by atoms with E-state index >= 15 is 0 Å². The van der Waals surface area contributed by atoms with E-state index in [1.54, 1.807) is 31.1 Å². The van der Waals surface area contributed by atoms with Crippen molar-refractivity contribution in [3.05, 3.63) is 40.1 Å². The van der Waals surface area contributed by atoms with Gasteiger partial charge in [0.15, 0.2) is 0 Å². The van der Waals surface area contributed by atoms with Crippen molar-refractivity contribution in [3.63, 3.8) is 0 Å². The van der Waals surface area contributed by atoms with Crippen LogP contribution >= 0.6 is 0 Å². The quantitative estimate of drug-likeness (QED) is 0.526.